The van der Waals surface area contributed by atoms with Crippen LogP contribution in [-0.2, 0) is 9.59 Å². The van der Waals surface area contributed by atoms with Crippen LogP contribution < -0.4 is 5.32 Å². The summed E-state index contributed by atoms with van der Waals surface area (Å²) in [6, 6.07) is 7.63. The van der Waals surface area contributed by atoms with Crippen molar-refractivity contribution < 1.29 is 14.7 Å². The second-order valence-electron chi connectivity index (χ2n) is 6.01. The van der Waals surface area contributed by atoms with Crippen molar-refractivity contribution in [3.63, 3.8) is 0 Å². The predicted octanol–water partition coefficient (Wildman–Crippen LogP) is 3.24. The fraction of sp³-hybridized carbons (Fsp3) is 0.467. The molecule has 2 N–H and O–H groups in total. The first-order valence-corrected chi connectivity index (χ1v) is 7.41. The molecule has 0 saturated heterocycles. The van der Waals surface area contributed by atoms with Crippen molar-refractivity contribution in [2.75, 3.05) is 5.32 Å². The van der Waals surface area contributed by atoms with Gasteiger partial charge in [-0.1, -0.05) is 20.8 Å². The monoisotopic (exact) mass is 293 g/mol. The molecule has 0 aliphatic heterocycles. The van der Waals surface area contributed by atoms with E-state index in [9.17, 15) is 9.59 Å². The summed E-state index contributed by atoms with van der Waals surface area (Å²) in [5.41, 5.74) is 0.712. The van der Waals surface area contributed by atoms with E-state index in [4.69, 9.17) is 5.11 Å². The molecule has 0 bridgehead atoms. The van der Waals surface area contributed by atoms with Crippen LogP contribution in [0.3, 0.4) is 0 Å². The molecule has 0 heterocycles. The van der Waals surface area contributed by atoms with E-state index in [1.807, 2.05) is 24.3 Å². The van der Waals surface area contributed by atoms with Crippen molar-refractivity contribution >= 4 is 29.3 Å². The fourth-order valence-electron chi connectivity index (χ4n) is 1.95. The van der Waals surface area contributed by atoms with Gasteiger partial charge >= 0.3 is 5.97 Å². The molecule has 20 heavy (non-hydrogen) atoms. The largest absolute Gasteiger partial charge is 0.481 e. The van der Waals surface area contributed by atoms with Gasteiger partial charge in [0.05, 0.1) is 11.8 Å². The van der Waals surface area contributed by atoms with Crippen LogP contribution in [0.1, 0.15) is 27.2 Å². The third kappa shape index (κ3) is 4.00. The summed E-state index contributed by atoms with van der Waals surface area (Å²) in [6.45, 7) is 6.44. The van der Waals surface area contributed by atoms with Gasteiger partial charge in [-0.15, -0.1) is 11.8 Å². The number of carboxylic acid groups (broad SMARTS) is 1. The maximum Gasteiger partial charge on any atom is 0.307 e. The highest BCUT2D eigenvalue weighted by Gasteiger charge is 2.48. The molecule has 0 radical (unpaired) electrons. The van der Waals surface area contributed by atoms with E-state index < -0.39 is 11.9 Å². The number of carbonyl (C=O) groups excluding carboxylic acids is 1. The number of carboxylic acids is 1. The van der Waals surface area contributed by atoms with E-state index in [-0.39, 0.29) is 16.6 Å². The Hall–Kier alpha value is -1.49. The van der Waals surface area contributed by atoms with Gasteiger partial charge in [-0.25, -0.2) is 0 Å². The Morgan fingerprint density at radius 1 is 1.20 bits per heavy atom. The van der Waals surface area contributed by atoms with Crippen molar-refractivity contribution in [1.29, 1.82) is 0 Å². The summed E-state index contributed by atoms with van der Waals surface area (Å²) in [4.78, 5) is 23.7. The van der Waals surface area contributed by atoms with Crippen LogP contribution in [0.4, 0.5) is 5.69 Å². The summed E-state index contributed by atoms with van der Waals surface area (Å²) in [7, 11) is 0. The molecule has 108 valence electrons. The Balaban J connectivity index is 1.91. The number of nitrogens with one attached hydrogen (secondary N) is 1. The number of amides is 1. The number of hydrogen-bond donors (Lipinski definition) is 2. The zero-order chi connectivity index (χ0) is 14.9. The highest BCUT2D eigenvalue weighted by Crippen LogP contribution is 2.39. The highest BCUT2D eigenvalue weighted by molar-refractivity contribution is 8.00. The minimum Gasteiger partial charge on any atom is -0.481 e. The van der Waals surface area contributed by atoms with E-state index in [1.165, 1.54) is 0 Å². The summed E-state index contributed by atoms with van der Waals surface area (Å²) in [5.74, 6) is -1.97. The molecule has 2 unspecified atom stereocenters. The van der Waals surface area contributed by atoms with Crippen LogP contribution >= 0.6 is 11.8 Å². The summed E-state index contributed by atoms with van der Waals surface area (Å²) < 4.78 is 0.146. The Kier molecular flexibility index (Phi) is 4.09. The molecular weight excluding hydrogens is 274 g/mol. The minimum absolute atomic E-state index is 0.146. The lowest BCUT2D eigenvalue weighted by Gasteiger charge is -2.17. The van der Waals surface area contributed by atoms with Gasteiger partial charge in [-0.05, 0) is 30.7 Å². The van der Waals surface area contributed by atoms with Gasteiger partial charge in [0.1, 0.15) is 0 Å². The molecule has 1 amide bonds. The second-order valence-corrected chi connectivity index (χ2v) is 7.92. The molecule has 1 saturated carbocycles. The lowest BCUT2D eigenvalue weighted by atomic mass is 10.2. The van der Waals surface area contributed by atoms with Crippen LogP contribution in [0.15, 0.2) is 29.2 Å². The maximum atomic E-state index is 11.8. The maximum absolute atomic E-state index is 11.8. The topological polar surface area (TPSA) is 66.4 Å². The average Bonchev–Trinajstić information content (AvgIpc) is 3.09. The molecule has 1 aromatic rings. The highest BCUT2D eigenvalue weighted by atomic mass is 32.2. The molecule has 2 rings (SSSR count). The lowest BCUT2D eigenvalue weighted by Crippen LogP contribution is -2.16. The molecule has 0 aromatic heterocycles. The molecule has 0 spiro atoms. The molecule has 4 nitrogen and oxygen atoms in total. The van der Waals surface area contributed by atoms with Gasteiger partial charge in [0.25, 0.3) is 0 Å². The van der Waals surface area contributed by atoms with E-state index in [2.05, 4.69) is 26.1 Å². The van der Waals surface area contributed by atoms with Crippen LogP contribution in [0.5, 0.6) is 0 Å². The van der Waals surface area contributed by atoms with Crippen molar-refractivity contribution in [2.24, 2.45) is 11.8 Å². The third-order valence-corrected chi connectivity index (χ3v) is 4.11. The van der Waals surface area contributed by atoms with E-state index in [0.29, 0.717) is 12.1 Å². The van der Waals surface area contributed by atoms with E-state index >= 15 is 0 Å². The number of anilines is 1. The Morgan fingerprint density at radius 2 is 1.80 bits per heavy atom. The number of hydrogen-bond acceptors (Lipinski definition) is 3. The Bertz CT molecular complexity index is 519. The molecule has 5 heteroatoms. The van der Waals surface area contributed by atoms with Gasteiger partial charge in [0, 0.05) is 15.3 Å². The summed E-state index contributed by atoms with van der Waals surface area (Å²) in [6.07, 6.45) is 0.444. The summed E-state index contributed by atoms with van der Waals surface area (Å²) in [5, 5.41) is 11.6. The summed E-state index contributed by atoms with van der Waals surface area (Å²) >= 11 is 1.76. The SMILES string of the molecule is CC(C)(C)Sc1ccc(NC(=O)C2CC2C(=O)O)cc1. The van der Waals surface area contributed by atoms with Crippen molar-refractivity contribution in [1.82, 2.24) is 0 Å². The lowest BCUT2D eigenvalue weighted by molar-refractivity contribution is -0.139. The van der Waals surface area contributed by atoms with E-state index in [0.717, 1.165) is 4.90 Å². The minimum atomic E-state index is -0.887. The predicted molar refractivity (Wildman–Crippen MR) is 79.9 cm³/mol. The second kappa shape index (κ2) is 5.48. The third-order valence-electron chi connectivity index (χ3n) is 2.99. The Labute approximate surface area is 123 Å². The number of benzene rings is 1. The number of thioether (sulfide) groups is 1. The van der Waals surface area contributed by atoms with Crippen LogP contribution in [-0.4, -0.2) is 21.7 Å². The molecule has 1 fully saturated rings. The zero-order valence-electron chi connectivity index (χ0n) is 11.8. The first kappa shape index (κ1) is 14.9. The molecule has 1 aliphatic rings. The average molecular weight is 293 g/mol. The fourth-order valence-corrected chi connectivity index (χ4v) is 2.93. The Morgan fingerprint density at radius 3 is 2.25 bits per heavy atom. The van der Waals surface area contributed by atoms with Crippen molar-refractivity contribution in [3.05, 3.63) is 24.3 Å². The number of carbonyl (C=O) groups is 2. The van der Waals surface area contributed by atoms with Gasteiger partial charge < -0.3 is 10.4 Å². The number of rotatable bonds is 4. The standard InChI is InChI=1S/C15H19NO3S/c1-15(2,3)20-10-6-4-9(5-7-10)16-13(17)11-8-12(11)14(18)19/h4-7,11-12H,8H2,1-3H3,(H,16,17)(H,18,19). The van der Waals surface area contributed by atoms with Crippen molar-refractivity contribution in [3.8, 4) is 0 Å². The van der Waals surface area contributed by atoms with Crippen LogP contribution in [0.2, 0.25) is 0 Å². The first-order chi connectivity index (χ1) is 9.26. The van der Waals surface area contributed by atoms with E-state index in [1.54, 1.807) is 11.8 Å². The van der Waals surface area contributed by atoms with Crippen molar-refractivity contribution in [2.45, 2.75) is 36.8 Å². The van der Waals surface area contributed by atoms with Gasteiger partial charge in [0.15, 0.2) is 0 Å². The van der Waals surface area contributed by atoms with Crippen LogP contribution in [0.25, 0.3) is 0 Å². The number of aliphatic carboxylic acids is 1. The van der Waals surface area contributed by atoms with Gasteiger partial charge in [-0.3, -0.25) is 9.59 Å². The molecule has 2 atom stereocenters. The van der Waals surface area contributed by atoms with Crippen LogP contribution in [0, 0.1) is 11.8 Å². The first-order valence-electron chi connectivity index (χ1n) is 6.59. The normalized spacial score (nSPS) is 21.4. The molecule has 1 aromatic carbocycles. The molecule has 1 aliphatic carbocycles. The quantitative estimate of drug-likeness (QED) is 0.836. The smallest absolute Gasteiger partial charge is 0.307 e. The molecular formula is C15H19NO3S. The van der Waals surface area contributed by atoms with Gasteiger partial charge in [-0.2, -0.15) is 0 Å². The van der Waals surface area contributed by atoms with Gasteiger partial charge in [0.2, 0.25) is 5.91 Å². The zero-order valence-corrected chi connectivity index (χ0v) is 12.7.